The van der Waals surface area contributed by atoms with Gasteiger partial charge in [0.25, 0.3) is 5.91 Å². The molecule has 1 fully saturated rings. The second kappa shape index (κ2) is 8.78. The number of hydrogen-bond acceptors (Lipinski definition) is 6. The van der Waals surface area contributed by atoms with Crippen molar-refractivity contribution in [1.82, 2.24) is 10.2 Å². The SMILES string of the molecule is COc1ccc(OC)c(NC(=O)CN2CCC3(CCC2=O)NC(=O)c2ccccc2N3)c1. The molecule has 168 valence electrons. The molecule has 2 aromatic rings. The molecule has 1 spiro atoms. The standard InChI is InChI=1S/C23H26N4O5/c1-31-15-7-8-19(32-2)18(13-15)24-20(28)14-27-12-11-23(10-9-21(27)29)25-17-6-4-3-5-16(17)22(30)26-23/h3-8,13,25H,9-12,14H2,1-2H3,(H,24,28)(H,26,30). The third kappa shape index (κ3) is 4.32. The van der Waals surface area contributed by atoms with Gasteiger partial charge in [0.15, 0.2) is 0 Å². The zero-order valence-electron chi connectivity index (χ0n) is 18.1. The molecule has 2 aliphatic rings. The minimum absolute atomic E-state index is 0.0974. The molecule has 2 aliphatic heterocycles. The number of rotatable bonds is 5. The second-order valence-corrected chi connectivity index (χ2v) is 7.89. The molecular formula is C23H26N4O5. The number of likely N-dealkylation sites (tertiary alicyclic amines) is 1. The number of anilines is 2. The predicted molar refractivity (Wildman–Crippen MR) is 119 cm³/mol. The molecule has 0 saturated carbocycles. The molecule has 1 unspecified atom stereocenters. The number of hydrogen-bond donors (Lipinski definition) is 3. The van der Waals surface area contributed by atoms with Crippen LogP contribution in [0, 0.1) is 0 Å². The van der Waals surface area contributed by atoms with E-state index in [1.54, 1.807) is 24.3 Å². The molecule has 1 saturated heterocycles. The molecule has 2 heterocycles. The summed E-state index contributed by atoms with van der Waals surface area (Å²) in [5.41, 5.74) is 1.08. The topological polar surface area (TPSA) is 109 Å². The minimum atomic E-state index is -0.720. The van der Waals surface area contributed by atoms with Gasteiger partial charge in [-0.15, -0.1) is 0 Å². The van der Waals surface area contributed by atoms with Crippen LogP contribution in [0.3, 0.4) is 0 Å². The van der Waals surface area contributed by atoms with Crippen LogP contribution < -0.4 is 25.4 Å². The summed E-state index contributed by atoms with van der Waals surface area (Å²) >= 11 is 0. The maximum absolute atomic E-state index is 12.7. The predicted octanol–water partition coefficient (Wildman–Crippen LogP) is 2.21. The van der Waals surface area contributed by atoms with E-state index in [1.165, 1.54) is 19.1 Å². The fraction of sp³-hybridized carbons (Fsp3) is 0.348. The largest absolute Gasteiger partial charge is 0.497 e. The molecule has 4 rings (SSSR count). The number of methoxy groups -OCH3 is 2. The summed E-state index contributed by atoms with van der Waals surface area (Å²) < 4.78 is 10.5. The van der Waals surface area contributed by atoms with Gasteiger partial charge in [-0.1, -0.05) is 12.1 Å². The molecule has 9 heteroatoms. The van der Waals surface area contributed by atoms with Crippen molar-refractivity contribution in [3.63, 3.8) is 0 Å². The lowest BCUT2D eigenvalue weighted by Gasteiger charge is -2.39. The Labute approximate surface area is 186 Å². The van der Waals surface area contributed by atoms with Crippen molar-refractivity contribution in [2.75, 3.05) is 37.9 Å². The van der Waals surface area contributed by atoms with Crippen LogP contribution in [-0.2, 0) is 9.59 Å². The van der Waals surface area contributed by atoms with Gasteiger partial charge in [-0.25, -0.2) is 0 Å². The molecule has 9 nitrogen and oxygen atoms in total. The molecule has 32 heavy (non-hydrogen) atoms. The normalized spacial score (nSPS) is 20.0. The molecule has 0 aromatic heterocycles. The monoisotopic (exact) mass is 438 g/mol. The van der Waals surface area contributed by atoms with Crippen molar-refractivity contribution in [3.8, 4) is 11.5 Å². The number of ether oxygens (including phenoxy) is 2. The number of carbonyl (C=O) groups excluding carboxylic acids is 3. The Bertz CT molecular complexity index is 1060. The second-order valence-electron chi connectivity index (χ2n) is 7.89. The maximum atomic E-state index is 12.7. The Morgan fingerprint density at radius 3 is 2.69 bits per heavy atom. The number of benzene rings is 2. The number of nitrogens with one attached hydrogen (secondary N) is 3. The number of nitrogens with zero attached hydrogens (tertiary/aromatic N) is 1. The fourth-order valence-electron chi connectivity index (χ4n) is 4.11. The van der Waals surface area contributed by atoms with Gasteiger partial charge >= 0.3 is 0 Å². The summed E-state index contributed by atoms with van der Waals surface area (Å²) in [6, 6.07) is 12.4. The van der Waals surface area contributed by atoms with Crippen LogP contribution in [0.15, 0.2) is 42.5 Å². The third-order valence-electron chi connectivity index (χ3n) is 5.84. The highest BCUT2D eigenvalue weighted by atomic mass is 16.5. The van der Waals surface area contributed by atoms with Gasteiger partial charge < -0.3 is 30.3 Å². The van der Waals surface area contributed by atoms with Crippen molar-refractivity contribution in [2.24, 2.45) is 0 Å². The first-order chi connectivity index (χ1) is 15.4. The molecular weight excluding hydrogens is 412 g/mol. The first-order valence-corrected chi connectivity index (χ1v) is 10.4. The van der Waals surface area contributed by atoms with E-state index in [4.69, 9.17) is 9.47 Å². The summed E-state index contributed by atoms with van der Waals surface area (Å²) in [6.07, 6.45) is 1.13. The molecule has 0 bridgehead atoms. The van der Waals surface area contributed by atoms with Crippen LogP contribution in [0.25, 0.3) is 0 Å². The Morgan fingerprint density at radius 2 is 1.91 bits per heavy atom. The van der Waals surface area contributed by atoms with Crippen molar-refractivity contribution >= 4 is 29.1 Å². The van der Waals surface area contributed by atoms with Crippen molar-refractivity contribution in [1.29, 1.82) is 0 Å². The Kier molecular flexibility index (Phi) is 5.89. The Balaban J connectivity index is 1.44. The summed E-state index contributed by atoms with van der Waals surface area (Å²) in [5.74, 6) is 0.431. The number of para-hydroxylation sites is 1. The number of fused-ring (bicyclic) bond motifs is 1. The first kappa shape index (κ1) is 21.5. The summed E-state index contributed by atoms with van der Waals surface area (Å²) in [7, 11) is 3.05. The van der Waals surface area contributed by atoms with Crippen LogP contribution >= 0.6 is 0 Å². The fourth-order valence-corrected chi connectivity index (χ4v) is 4.11. The molecule has 0 aliphatic carbocycles. The number of carbonyl (C=O) groups is 3. The van der Waals surface area contributed by atoms with Crippen molar-refractivity contribution in [2.45, 2.75) is 24.9 Å². The molecule has 1 atom stereocenters. The van der Waals surface area contributed by atoms with Crippen molar-refractivity contribution in [3.05, 3.63) is 48.0 Å². The van der Waals surface area contributed by atoms with E-state index in [1.807, 2.05) is 18.2 Å². The van der Waals surface area contributed by atoms with Gasteiger partial charge in [-0.3, -0.25) is 14.4 Å². The zero-order chi connectivity index (χ0) is 22.7. The lowest BCUT2D eigenvalue weighted by atomic mass is 9.95. The van der Waals surface area contributed by atoms with E-state index in [0.717, 1.165) is 5.69 Å². The highest BCUT2D eigenvalue weighted by Crippen LogP contribution is 2.32. The highest BCUT2D eigenvalue weighted by Gasteiger charge is 2.40. The molecule has 0 radical (unpaired) electrons. The smallest absolute Gasteiger partial charge is 0.255 e. The van der Waals surface area contributed by atoms with Gasteiger partial charge in [-0.05, 0) is 30.7 Å². The van der Waals surface area contributed by atoms with Gasteiger partial charge in [0.2, 0.25) is 11.8 Å². The highest BCUT2D eigenvalue weighted by molar-refractivity contribution is 6.02. The maximum Gasteiger partial charge on any atom is 0.255 e. The zero-order valence-corrected chi connectivity index (χ0v) is 18.1. The molecule has 3 amide bonds. The quantitative estimate of drug-likeness (QED) is 0.661. The lowest BCUT2D eigenvalue weighted by Crippen LogP contribution is -2.58. The first-order valence-electron chi connectivity index (χ1n) is 10.4. The van der Waals surface area contributed by atoms with Gasteiger partial charge in [0.1, 0.15) is 17.2 Å². The Hall–Kier alpha value is -3.75. The molecule has 2 aromatic carbocycles. The van der Waals surface area contributed by atoms with E-state index < -0.39 is 5.66 Å². The van der Waals surface area contributed by atoms with Gasteiger partial charge in [-0.2, -0.15) is 0 Å². The summed E-state index contributed by atoms with van der Waals surface area (Å²) in [4.78, 5) is 39.6. The Morgan fingerprint density at radius 1 is 1.09 bits per heavy atom. The van der Waals surface area contributed by atoms with E-state index in [9.17, 15) is 14.4 Å². The van der Waals surface area contributed by atoms with E-state index in [2.05, 4.69) is 16.0 Å². The number of amides is 3. The average molecular weight is 438 g/mol. The summed E-state index contributed by atoms with van der Waals surface area (Å²) in [5, 5.41) is 9.23. The minimum Gasteiger partial charge on any atom is -0.497 e. The van der Waals surface area contributed by atoms with E-state index in [0.29, 0.717) is 42.1 Å². The van der Waals surface area contributed by atoms with Crippen LogP contribution in [0.1, 0.15) is 29.6 Å². The van der Waals surface area contributed by atoms with E-state index in [-0.39, 0.29) is 30.7 Å². The van der Waals surface area contributed by atoms with Gasteiger partial charge in [0.05, 0.1) is 32.0 Å². The molecule has 3 N–H and O–H groups in total. The third-order valence-corrected chi connectivity index (χ3v) is 5.84. The average Bonchev–Trinajstić information content (AvgIpc) is 2.93. The van der Waals surface area contributed by atoms with Gasteiger partial charge in [0, 0.05) is 31.1 Å². The van der Waals surface area contributed by atoms with Crippen LogP contribution in [0.4, 0.5) is 11.4 Å². The van der Waals surface area contributed by atoms with Crippen LogP contribution in [0.5, 0.6) is 11.5 Å². The lowest BCUT2D eigenvalue weighted by molar-refractivity contribution is -0.134. The van der Waals surface area contributed by atoms with Crippen LogP contribution in [0.2, 0.25) is 0 Å². The van der Waals surface area contributed by atoms with Crippen molar-refractivity contribution < 1.29 is 23.9 Å². The van der Waals surface area contributed by atoms with E-state index >= 15 is 0 Å². The summed E-state index contributed by atoms with van der Waals surface area (Å²) in [6.45, 7) is 0.233. The van der Waals surface area contributed by atoms with Crippen LogP contribution in [-0.4, -0.2) is 55.6 Å².